The van der Waals surface area contributed by atoms with E-state index in [1.807, 2.05) is 31.2 Å². The second-order valence-electron chi connectivity index (χ2n) is 6.16. The Labute approximate surface area is 177 Å². The van der Waals surface area contributed by atoms with Gasteiger partial charge in [-0.3, -0.25) is 9.59 Å². The predicted octanol–water partition coefficient (Wildman–Crippen LogP) is 3.59. The maximum absolute atomic E-state index is 12.2. The second-order valence-corrected chi connectivity index (χ2v) is 7.66. The number of carbonyl (C=O) groups is 2. The van der Waals surface area contributed by atoms with Gasteiger partial charge in [-0.2, -0.15) is 0 Å². The maximum Gasteiger partial charge on any atom is 0.286 e. The quantitative estimate of drug-likeness (QED) is 0.569. The molecular weight excluding hydrogens is 412 g/mol. The van der Waals surface area contributed by atoms with Crippen LogP contribution in [0.4, 0.5) is 5.69 Å². The molecule has 0 atom stereocenters. The van der Waals surface area contributed by atoms with Crippen LogP contribution >= 0.6 is 22.9 Å². The highest BCUT2D eigenvalue weighted by Crippen LogP contribution is 2.17. The van der Waals surface area contributed by atoms with Crippen molar-refractivity contribution in [3.05, 3.63) is 74.7 Å². The van der Waals surface area contributed by atoms with E-state index in [9.17, 15) is 9.59 Å². The number of nitrogens with zero attached hydrogens (tertiary/aromatic N) is 2. The summed E-state index contributed by atoms with van der Waals surface area (Å²) in [4.78, 5) is 24.1. The number of ether oxygens (including phenoxy) is 1. The molecule has 9 heteroatoms. The summed E-state index contributed by atoms with van der Waals surface area (Å²) in [5, 5.41) is 14.5. The van der Waals surface area contributed by atoms with Gasteiger partial charge in [0.2, 0.25) is 10.9 Å². The molecule has 0 radical (unpaired) electrons. The highest BCUT2D eigenvalue weighted by Gasteiger charge is 2.14. The molecule has 0 unspecified atom stereocenters. The average molecular weight is 431 g/mol. The third-order valence-electron chi connectivity index (χ3n) is 3.94. The van der Waals surface area contributed by atoms with Crippen LogP contribution < -0.4 is 10.6 Å². The first-order chi connectivity index (χ1) is 14.0. The minimum atomic E-state index is -0.382. The Kier molecular flexibility index (Phi) is 7.29. The molecule has 0 saturated carbocycles. The van der Waals surface area contributed by atoms with E-state index in [2.05, 4.69) is 20.8 Å². The van der Waals surface area contributed by atoms with Gasteiger partial charge < -0.3 is 15.4 Å². The van der Waals surface area contributed by atoms with Crippen LogP contribution in [0.25, 0.3) is 0 Å². The number of halogens is 1. The van der Waals surface area contributed by atoms with Gasteiger partial charge in [0.15, 0.2) is 0 Å². The number of hydrogen-bond acceptors (Lipinski definition) is 6. The fraction of sp³-hybridized carbons (Fsp3) is 0.200. The monoisotopic (exact) mass is 430 g/mol. The predicted molar refractivity (Wildman–Crippen MR) is 112 cm³/mol. The van der Waals surface area contributed by atoms with Crippen molar-refractivity contribution in [3.63, 3.8) is 0 Å². The third-order valence-corrected chi connectivity index (χ3v) is 5.07. The summed E-state index contributed by atoms with van der Waals surface area (Å²) >= 11 is 7.00. The van der Waals surface area contributed by atoms with Gasteiger partial charge in [0.25, 0.3) is 5.91 Å². The number of nitrogens with one attached hydrogen (secondary N) is 2. The minimum Gasteiger partial charge on any atom is -0.364 e. The average Bonchev–Trinajstić information content (AvgIpc) is 3.16. The van der Waals surface area contributed by atoms with Crippen LogP contribution in [0.2, 0.25) is 5.02 Å². The Hall–Kier alpha value is -2.81. The Morgan fingerprint density at radius 1 is 1.14 bits per heavy atom. The highest BCUT2D eigenvalue weighted by molar-refractivity contribution is 7.13. The minimum absolute atomic E-state index is 0.0971. The molecule has 3 rings (SSSR count). The van der Waals surface area contributed by atoms with Gasteiger partial charge in [0.05, 0.1) is 0 Å². The SMILES string of the molecule is Cc1ccccc1CNC(=O)COCc1nnc(C(=O)Nc2cccc(Cl)c2)s1. The summed E-state index contributed by atoms with van der Waals surface area (Å²) in [5.74, 6) is -0.608. The zero-order valence-corrected chi connectivity index (χ0v) is 17.2. The lowest BCUT2D eigenvalue weighted by atomic mass is 10.1. The number of aryl methyl sites for hydroxylation is 1. The highest BCUT2D eigenvalue weighted by atomic mass is 35.5. The molecular formula is C20H19ClN4O3S. The molecule has 0 fully saturated rings. The lowest BCUT2D eigenvalue weighted by molar-refractivity contribution is -0.126. The van der Waals surface area contributed by atoms with Crippen molar-refractivity contribution in [2.24, 2.45) is 0 Å². The zero-order valence-electron chi connectivity index (χ0n) is 15.6. The molecule has 0 aliphatic heterocycles. The number of aromatic nitrogens is 2. The fourth-order valence-corrected chi connectivity index (χ4v) is 3.30. The Morgan fingerprint density at radius 2 is 1.97 bits per heavy atom. The van der Waals surface area contributed by atoms with E-state index in [1.165, 1.54) is 0 Å². The standard InChI is InChI=1S/C20H19ClN4O3S/c1-13-5-2-3-6-14(13)10-22-17(26)11-28-12-18-24-25-20(29-18)19(27)23-16-8-4-7-15(21)9-16/h2-9H,10-12H2,1H3,(H,22,26)(H,23,27). The molecule has 7 nitrogen and oxygen atoms in total. The summed E-state index contributed by atoms with van der Waals surface area (Å²) in [5.41, 5.74) is 2.74. The van der Waals surface area contributed by atoms with Crippen LogP contribution in [0.3, 0.4) is 0 Å². The van der Waals surface area contributed by atoms with Gasteiger partial charge >= 0.3 is 0 Å². The number of rotatable bonds is 8. The largest absolute Gasteiger partial charge is 0.364 e. The molecule has 2 N–H and O–H groups in total. The van der Waals surface area contributed by atoms with Crippen LogP contribution in [-0.2, 0) is 22.7 Å². The van der Waals surface area contributed by atoms with E-state index in [0.717, 1.165) is 22.5 Å². The summed E-state index contributed by atoms with van der Waals surface area (Å²) in [6, 6.07) is 14.7. The lowest BCUT2D eigenvalue weighted by Crippen LogP contribution is -2.27. The maximum atomic E-state index is 12.2. The van der Waals surface area contributed by atoms with Crippen molar-refractivity contribution in [1.29, 1.82) is 0 Å². The Morgan fingerprint density at radius 3 is 2.76 bits per heavy atom. The third kappa shape index (κ3) is 6.35. The first-order valence-corrected chi connectivity index (χ1v) is 9.99. The first kappa shape index (κ1) is 20.9. The lowest BCUT2D eigenvalue weighted by Gasteiger charge is -2.07. The molecule has 2 aromatic carbocycles. The Balaban J connectivity index is 1.42. The molecule has 150 valence electrons. The topological polar surface area (TPSA) is 93.2 Å². The van der Waals surface area contributed by atoms with Crippen molar-refractivity contribution in [2.75, 3.05) is 11.9 Å². The zero-order chi connectivity index (χ0) is 20.6. The van der Waals surface area contributed by atoms with E-state index >= 15 is 0 Å². The number of amides is 2. The first-order valence-electron chi connectivity index (χ1n) is 8.79. The molecule has 1 heterocycles. The van der Waals surface area contributed by atoms with Gasteiger partial charge in [-0.05, 0) is 36.2 Å². The molecule has 0 aliphatic rings. The van der Waals surface area contributed by atoms with Gasteiger partial charge in [-0.15, -0.1) is 10.2 Å². The van der Waals surface area contributed by atoms with Crippen LogP contribution in [0, 0.1) is 6.92 Å². The smallest absolute Gasteiger partial charge is 0.286 e. The summed E-state index contributed by atoms with van der Waals surface area (Å²) in [6.45, 7) is 2.43. The van der Waals surface area contributed by atoms with E-state index in [4.69, 9.17) is 16.3 Å². The molecule has 0 saturated heterocycles. The summed E-state index contributed by atoms with van der Waals surface area (Å²) in [7, 11) is 0. The van der Waals surface area contributed by atoms with Crippen molar-refractivity contribution in [3.8, 4) is 0 Å². The van der Waals surface area contributed by atoms with Crippen LogP contribution in [0.5, 0.6) is 0 Å². The van der Waals surface area contributed by atoms with Crippen LogP contribution in [0.1, 0.15) is 25.9 Å². The van der Waals surface area contributed by atoms with E-state index in [1.54, 1.807) is 24.3 Å². The van der Waals surface area contributed by atoms with Crippen LogP contribution in [-0.4, -0.2) is 28.6 Å². The second kappa shape index (κ2) is 10.1. The number of benzene rings is 2. The molecule has 1 aromatic heterocycles. The molecule has 29 heavy (non-hydrogen) atoms. The van der Waals surface area contributed by atoms with Crippen molar-refractivity contribution in [1.82, 2.24) is 15.5 Å². The Bertz CT molecular complexity index is 1010. The van der Waals surface area contributed by atoms with Gasteiger partial charge in [-0.1, -0.05) is 53.3 Å². The normalized spacial score (nSPS) is 10.6. The number of anilines is 1. The van der Waals surface area contributed by atoms with Crippen molar-refractivity contribution < 1.29 is 14.3 Å². The molecule has 2 amide bonds. The number of hydrogen-bond donors (Lipinski definition) is 2. The molecule has 0 bridgehead atoms. The fourth-order valence-electron chi connectivity index (χ4n) is 2.44. The van der Waals surface area contributed by atoms with Crippen molar-refractivity contribution >= 4 is 40.4 Å². The molecule has 3 aromatic rings. The van der Waals surface area contributed by atoms with Crippen LogP contribution in [0.15, 0.2) is 48.5 Å². The van der Waals surface area contributed by atoms with Gasteiger partial charge in [0.1, 0.15) is 18.2 Å². The van der Waals surface area contributed by atoms with E-state index in [0.29, 0.717) is 22.3 Å². The van der Waals surface area contributed by atoms with Gasteiger partial charge in [-0.25, -0.2) is 0 Å². The molecule has 0 spiro atoms. The summed E-state index contributed by atoms with van der Waals surface area (Å²) in [6.07, 6.45) is 0. The van der Waals surface area contributed by atoms with E-state index < -0.39 is 0 Å². The van der Waals surface area contributed by atoms with Crippen molar-refractivity contribution in [2.45, 2.75) is 20.1 Å². The van der Waals surface area contributed by atoms with Gasteiger partial charge in [0, 0.05) is 17.3 Å². The van der Waals surface area contributed by atoms with E-state index in [-0.39, 0.29) is 30.0 Å². The summed E-state index contributed by atoms with van der Waals surface area (Å²) < 4.78 is 5.37. The molecule has 0 aliphatic carbocycles. The number of carbonyl (C=O) groups excluding carboxylic acids is 2.